The summed E-state index contributed by atoms with van der Waals surface area (Å²) in [5.74, 6) is 0.975. The molecule has 0 aromatic rings. The van der Waals surface area contributed by atoms with Gasteiger partial charge in [0, 0.05) is 0 Å². The Bertz CT molecular complexity index is 317. The minimum atomic E-state index is -4.27. The van der Waals surface area contributed by atoms with Crippen molar-refractivity contribution in [3.05, 3.63) is 11.6 Å². The summed E-state index contributed by atoms with van der Waals surface area (Å²) in [6.45, 7) is 4.30. The monoisotopic (exact) mass is 233 g/mol. The Morgan fingerprint density at radius 1 is 1.50 bits per heavy atom. The highest BCUT2D eigenvalue weighted by Gasteiger charge is 2.52. The van der Waals surface area contributed by atoms with E-state index in [9.17, 15) is 13.2 Å². The molecule has 92 valence electrons. The van der Waals surface area contributed by atoms with E-state index in [2.05, 4.69) is 13.8 Å². The zero-order valence-corrected chi connectivity index (χ0v) is 9.64. The maximum Gasteiger partial charge on any atom is 0.403 e. The van der Waals surface area contributed by atoms with Crippen molar-refractivity contribution in [2.24, 2.45) is 23.0 Å². The lowest BCUT2D eigenvalue weighted by Gasteiger charge is -2.56. The summed E-state index contributed by atoms with van der Waals surface area (Å²) in [6, 6.07) is -1.70. The van der Waals surface area contributed by atoms with Crippen molar-refractivity contribution in [3.63, 3.8) is 0 Å². The maximum atomic E-state index is 12.4. The lowest BCUT2D eigenvalue weighted by Crippen LogP contribution is -2.49. The molecule has 0 saturated heterocycles. The van der Waals surface area contributed by atoms with E-state index in [1.54, 1.807) is 0 Å². The van der Waals surface area contributed by atoms with Gasteiger partial charge in [-0.25, -0.2) is 0 Å². The van der Waals surface area contributed by atoms with E-state index in [-0.39, 0.29) is 11.8 Å². The number of halogens is 3. The standard InChI is InChI=1S/C12H18F3N/c1-11(2)8-4-3-7(9(11)6-8)5-10(16)12(13,14)15/h3,8-10H,4-6,16H2,1-2H3. The number of allylic oxidation sites excluding steroid dienone is 1. The molecule has 0 radical (unpaired) electrons. The van der Waals surface area contributed by atoms with E-state index >= 15 is 0 Å². The van der Waals surface area contributed by atoms with Gasteiger partial charge in [-0.05, 0) is 36.5 Å². The van der Waals surface area contributed by atoms with Gasteiger partial charge in [0.15, 0.2) is 0 Å². The molecule has 3 unspecified atom stereocenters. The first-order chi connectivity index (χ1) is 7.23. The molecule has 1 nitrogen and oxygen atoms in total. The average Bonchev–Trinajstić information content (AvgIpc) is 2.16. The fourth-order valence-electron chi connectivity index (χ4n) is 3.08. The Hall–Kier alpha value is -0.510. The minimum absolute atomic E-state index is 0.0235. The molecule has 4 heteroatoms. The lowest BCUT2D eigenvalue weighted by atomic mass is 9.48. The molecule has 0 aromatic carbocycles. The molecular formula is C12H18F3N. The minimum Gasteiger partial charge on any atom is -0.320 e. The van der Waals surface area contributed by atoms with Gasteiger partial charge in [0.1, 0.15) is 6.04 Å². The summed E-state index contributed by atoms with van der Waals surface area (Å²) in [6.07, 6.45) is -0.349. The summed E-state index contributed by atoms with van der Waals surface area (Å²) >= 11 is 0. The highest BCUT2D eigenvalue weighted by atomic mass is 19.4. The zero-order chi connectivity index (χ0) is 12.1. The summed E-state index contributed by atoms with van der Waals surface area (Å²) in [7, 11) is 0. The first-order valence-electron chi connectivity index (χ1n) is 5.74. The lowest BCUT2D eigenvalue weighted by molar-refractivity contribution is -0.148. The number of rotatable bonds is 2. The number of hydrogen-bond donors (Lipinski definition) is 1. The van der Waals surface area contributed by atoms with Gasteiger partial charge in [-0.3, -0.25) is 0 Å². The molecule has 3 aliphatic rings. The molecule has 2 N–H and O–H groups in total. The SMILES string of the molecule is CC1(C)C2CC=C(CC(N)C(F)(F)F)C1C2. The van der Waals surface area contributed by atoms with Gasteiger partial charge in [-0.2, -0.15) is 13.2 Å². The third-order valence-corrected chi connectivity index (χ3v) is 4.46. The van der Waals surface area contributed by atoms with Crippen LogP contribution in [-0.2, 0) is 0 Å². The van der Waals surface area contributed by atoms with E-state index in [1.807, 2.05) is 6.08 Å². The largest absolute Gasteiger partial charge is 0.403 e. The van der Waals surface area contributed by atoms with Crippen molar-refractivity contribution >= 4 is 0 Å². The molecule has 2 bridgehead atoms. The van der Waals surface area contributed by atoms with Crippen molar-refractivity contribution < 1.29 is 13.2 Å². The van der Waals surface area contributed by atoms with E-state index < -0.39 is 12.2 Å². The Kier molecular flexibility index (Phi) is 2.61. The van der Waals surface area contributed by atoms with Crippen molar-refractivity contribution in [1.82, 2.24) is 0 Å². The molecule has 0 spiro atoms. The number of hydrogen-bond acceptors (Lipinski definition) is 1. The second-order valence-electron chi connectivity index (χ2n) is 5.67. The van der Waals surface area contributed by atoms with E-state index in [4.69, 9.17) is 5.73 Å². The molecule has 1 fully saturated rings. The molecule has 0 aromatic heterocycles. The smallest absolute Gasteiger partial charge is 0.320 e. The maximum absolute atomic E-state index is 12.4. The zero-order valence-electron chi connectivity index (χ0n) is 9.64. The highest BCUT2D eigenvalue weighted by Crippen LogP contribution is 2.60. The van der Waals surface area contributed by atoms with Crippen molar-refractivity contribution in [1.29, 1.82) is 0 Å². The fourth-order valence-corrected chi connectivity index (χ4v) is 3.08. The van der Waals surface area contributed by atoms with Gasteiger partial charge < -0.3 is 5.73 Å². The van der Waals surface area contributed by atoms with Gasteiger partial charge in [0.2, 0.25) is 0 Å². The molecule has 1 saturated carbocycles. The second-order valence-corrected chi connectivity index (χ2v) is 5.67. The third kappa shape index (κ3) is 1.77. The molecule has 3 atom stereocenters. The molecule has 3 aliphatic carbocycles. The number of nitrogens with two attached hydrogens (primary N) is 1. The van der Waals surface area contributed by atoms with Crippen LogP contribution in [0.1, 0.15) is 33.1 Å². The topological polar surface area (TPSA) is 26.0 Å². The normalized spacial score (nSPS) is 34.0. The average molecular weight is 233 g/mol. The molecule has 0 aliphatic heterocycles. The molecule has 0 heterocycles. The summed E-state index contributed by atoms with van der Waals surface area (Å²) in [5.41, 5.74) is 6.29. The predicted octanol–water partition coefficient (Wildman–Crippen LogP) is 3.26. The van der Waals surface area contributed by atoms with Gasteiger partial charge in [0.05, 0.1) is 0 Å². The molecule has 0 amide bonds. The first-order valence-corrected chi connectivity index (χ1v) is 5.74. The second kappa shape index (κ2) is 3.49. The summed E-state index contributed by atoms with van der Waals surface area (Å²) in [4.78, 5) is 0. The summed E-state index contributed by atoms with van der Waals surface area (Å²) < 4.78 is 37.2. The Balaban J connectivity index is 2.05. The molecular weight excluding hydrogens is 215 g/mol. The third-order valence-electron chi connectivity index (χ3n) is 4.46. The van der Waals surface area contributed by atoms with E-state index in [0.717, 1.165) is 18.4 Å². The number of fused-ring (bicyclic) bond motifs is 1. The van der Waals surface area contributed by atoms with Gasteiger partial charge >= 0.3 is 6.18 Å². The van der Waals surface area contributed by atoms with Crippen molar-refractivity contribution in [2.45, 2.75) is 45.3 Å². The van der Waals surface area contributed by atoms with Crippen LogP contribution >= 0.6 is 0 Å². The van der Waals surface area contributed by atoms with Gasteiger partial charge in [0.25, 0.3) is 0 Å². The Morgan fingerprint density at radius 2 is 2.12 bits per heavy atom. The quantitative estimate of drug-likeness (QED) is 0.728. The van der Waals surface area contributed by atoms with E-state index in [1.165, 1.54) is 0 Å². The summed E-state index contributed by atoms with van der Waals surface area (Å²) in [5, 5.41) is 0. The van der Waals surface area contributed by atoms with Gasteiger partial charge in [-0.1, -0.05) is 25.5 Å². The Morgan fingerprint density at radius 3 is 2.56 bits per heavy atom. The van der Waals surface area contributed by atoms with E-state index in [0.29, 0.717) is 11.8 Å². The van der Waals surface area contributed by atoms with Crippen LogP contribution in [0.5, 0.6) is 0 Å². The first kappa shape index (κ1) is 12.0. The van der Waals surface area contributed by atoms with Gasteiger partial charge in [-0.15, -0.1) is 0 Å². The predicted molar refractivity (Wildman–Crippen MR) is 56.7 cm³/mol. The molecule has 3 rings (SSSR count). The van der Waals surface area contributed by atoms with Crippen LogP contribution in [0.3, 0.4) is 0 Å². The van der Waals surface area contributed by atoms with Crippen LogP contribution in [0, 0.1) is 17.3 Å². The van der Waals surface area contributed by atoms with Crippen molar-refractivity contribution in [3.8, 4) is 0 Å². The van der Waals surface area contributed by atoms with Crippen LogP contribution in [0.15, 0.2) is 11.6 Å². The highest BCUT2D eigenvalue weighted by molar-refractivity contribution is 5.24. The number of alkyl halides is 3. The van der Waals surface area contributed by atoms with Crippen LogP contribution in [0.2, 0.25) is 0 Å². The van der Waals surface area contributed by atoms with Crippen LogP contribution in [0.25, 0.3) is 0 Å². The molecule has 16 heavy (non-hydrogen) atoms. The van der Waals surface area contributed by atoms with Crippen LogP contribution < -0.4 is 5.73 Å². The van der Waals surface area contributed by atoms with Crippen LogP contribution in [0.4, 0.5) is 13.2 Å². The Labute approximate surface area is 93.9 Å². The fraction of sp³-hybridized carbons (Fsp3) is 0.833. The van der Waals surface area contributed by atoms with Crippen LogP contribution in [-0.4, -0.2) is 12.2 Å². The van der Waals surface area contributed by atoms with Crippen molar-refractivity contribution in [2.75, 3.05) is 0 Å².